The molecule has 6 nitrogen and oxygen atoms in total. The zero-order chi connectivity index (χ0) is 19.9. The van der Waals surface area contributed by atoms with E-state index in [0.29, 0.717) is 23.8 Å². The minimum atomic E-state index is -3.37. The summed E-state index contributed by atoms with van der Waals surface area (Å²) in [5.74, 6) is 0.647. The standard InChI is InChI=1S/C20H30N4O2S.HI/c1-5-18(15-27(25,26)19-9-8-16(2)17(3)14-19)23-20(21-4)22-10-13-24-11-6-7-12-24;/h6-9,11-12,14,18H,5,10,13,15H2,1-4H3,(H2,21,22,23);1H. The van der Waals surface area contributed by atoms with Crippen LogP contribution < -0.4 is 10.6 Å². The summed E-state index contributed by atoms with van der Waals surface area (Å²) in [6.45, 7) is 7.40. The van der Waals surface area contributed by atoms with Crippen molar-refractivity contribution >= 4 is 39.8 Å². The van der Waals surface area contributed by atoms with Crippen LogP contribution in [0.2, 0.25) is 0 Å². The summed E-state index contributed by atoms with van der Waals surface area (Å²) in [5, 5.41) is 6.47. The summed E-state index contributed by atoms with van der Waals surface area (Å²) >= 11 is 0. The van der Waals surface area contributed by atoms with Crippen LogP contribution in [-0.4, -0.2) is 44.3 Å². The second kappa shape index (κ2) is 11.5. The van der Waals surface area contributed by atoms with Gasteiger partial charge in [-0.1, -0.05) is 13.0 Å². The number of aryl methyl sites for hydroxylation is 2. The Morgan fingerprint density at radius 2 is 1.86 bits per heavy atom. The maximum Gasteiger partial charge on any atom is 0.191 e. The van der Waals surface area contributed by atoms with Gasteiger partial charge in [0.1, 0.15) is 0 Å². The quantitative estimate of drug-likeness (QED) is 0.320. The van der Waals surface area contributed by atoms with E-state index in [-0.39, 0.29) is 35.8 Å². The molecule has 0 saturated heterocycles. The second-order valence-electron chi connectivity index (χ2n) is 6.70. The van der Waals surface area contributed by atoms with Gasteiger partial charge in [-0.25, -0.2) is 8.42 Å². The number of hydrogen-bond acceptors (Lipinski definition) is 3. The van der Waals surface area contributed by atoms with Crippen LogP contribution in [0.25, 0.3) is 0 Å². The van der Waals surface area contributed by atoms with Crippen LogP contribution in [0.5, 0.6) is 0 Å². The summed E-state index contributed by atoms with van der Waals surface area (Å²) in [7, 11) is -1.68. The molecule has 1 aromatic heterocycles. The van der Waals surface area contributed by atoms with E-state index in [0.717, 1.165) is 17.7 Å². The zero-order valence-corrected chi connectivity index (χ0v) is 20.1. The van der Waals surface area contributed by atoms with Crippen LogP contribution in [0.15, 0.2) is 52.6 Å². The first-order valence-corrected chi connectivity index (χ1v) is 10.9. The highest BCUT2D eigenvalue weighted by atomic mass is 127. The third-order valence-electron chi connectivity index (χ3n) is 4.64. The van der Waals surface area contributed by atoms with Crippen molar-refractivity contribution in [3.8, 4) is 0 Å². The van der Waals surface area contributed by atoms with Gasteiger partial charge >= 0.3 is 0 Å². The summed E-state index contributed by atoms with van der Waals surface area (Å²) in [6, 6.07) is 9.05. The van der Waals surface area contributed by atoms with Crippen molar-refractivity contribution in [2.45, 2.75) is 44.7 Å². The van der Waals surface area contributed by atoms with Gasteiger partial charge in [0.2, 0.25) is 0 Å². The fourth-order valence-electron chi connectivity index (χ4n) is 2.74. The average Bonchev–Trinajstić information content (AvgIpc) is 3.15. The van der Waals surface area contributed by atoms with Crippen LogP contribution in [0, 0.1) is 13.8 Å². The molecule has 0 spiro atoms. The van der Waals surface area contributed by atoms with Gasteiger partial charge in [0.05, 0.1) is 10.6 Å². The van der Waals surface area contributed by atoms with Crippen molar-refractivity contribution in [2.75, 3.05) is 19.3 Å². The number of halogens is 1. The molecule has 0 amide bonds. The predicted octanol–water partition coefficient (Wildman–Crippen LogP) is 3.14. The Bertz CT molecular complexity index is 864. The smallest absolute Gasteiger partial charge is 0.191 e. The molecule has 0 fully saturated rings. The number of aliphatic imine (C=N–C) groups is 1. The Hall–Kier alpha value is -1.55. The lowest BCUT2D eigenvalue weighted by Crippen LogP contribution is -2.46. The Morgan fingerprint density at radius 1 is 1.18 bits per heavy atom. The van der Waals surface area contributed by atoms with E-state index in [9.17, 15) is 8.42 Å². The summed E-state index contributed by atoms with van der Waals surface area (Å²) < 4.78 is 27.7. The molecule has 1 aromatic carbocycles. The molecule has 8 heteroatoms. The van der Waals surface area contributed by atoms with Gasteiger partial charge in [-0.05, 0) is 55.7 Å². The maximum absolute atomic E-state index is 12.8. The van der Waals surface area contributed by atoms with Crippen molar-refractivity contribution < 1.29 is 8.42 Å². The Morgan fingerprint density at radius 3 is 2.43 bits per heavy atom. The fraction of sp³-hybridized carbons (Fsp3) is 0.450. The lowest BCUT2D eigenvalue weighted by atomic mass is 10.1. The van der Waals surface area contributed by atoms with Gasteiger partial charge in [0.15, 0.2) is 15.8 Å². The molecule has 0 saturated carbocycles. The van der Waals surface area contributed by atoms with Gasteiger partial charge in [-0.2, -0.15) is 0 Å². The maximum atomic E-state index is 12.8. The van der Waals surface area contributed by atoms with Crippen LogP contribution in [-0.2, 0) is 16.4 Å². The van der Waals surface area contributed by atoms with Crippen LogP contribution in [0.4, 0.5) is 0 Å². The predicted molar refractivity (Wildman–Crippen MR) is 126 cm³/mol. The second-order valence-corrected chi connectivity index (χ2v) is 8.73. The van der Waals surface area contributed by atoms with E-state index in [4.69, 9.17) is 0 Å². The molecule has 2 N–H and O–H groups in total. The van der Waals surface area contributed by atoms with Crippen LogP contribution in [0.3, 0.4) is 0 Å². The first-order valence-electron chi connectivity index (χ1n) is 9.23. The van der Waals surface area contributed by atoms with Crippen molar-refractivity contribution in [1.29, 1.82) is 0 Å². The summed E-state index contributed by atoms with van der Waals surface area (Å²) in [5.41, 5.74) is 2.07. The van der Waals surface area contributed by atoms with E-state index >= 15 is 0 Å². The van der Waals surface area contributed by atoms with Crippen molar-refractivity contribution in [3.63, 3.8) is 0 Å². The van der Waals surface area contributed by atoms with Gasteiger partial charge in [0.25, 0.3) is 0 Å². The van der Waals surface area contributed by atoms with Gasteiger partial charge in [-0.15, -0.1) is 24.0 Å². The number of guanidine groups is 1. The molecule has 1 unspecified atom stereocenters. The highest BCUT2D eigenvalue weighted by Crippen LogP contribution is 2.17. The minimum absolute atomic E-state index is 0. The molecule has 0 radical (unpaired) electrons. The van der Waals surface area contributed by atoms with Crippen molar-refractivity contribution in [1.82, 2.24) is 15.2 Å². The molecule has 0 aliphatic heterocycles. The van der Waals surface area contributed by atoms with Crippen LogP contribution >= 0.6 is 24.0 Å². The Labute approximate surface area is 185 Å². The topological polar surface area (TPSA) is 75.5 Å². The first-order chi connectivity index (χ1) is 12.9. The van der Waals surface area contributed by atoms with Gasteiger partial charge in [0, 0.05) is 38.6 Å². The lowest BCUT2D eigenvalue weighted by Gasteiger charge is -2.20. The number of sulfone groups is 1. The molecule has 0 aliphatic rings. The normalized spacial score (nSPS) is 12.9. The zero-order valence-electron chi connectivity index (χ0n) is 17.0. The summed E-state index contributed by atoms with van der Waals surface area (Å²) in [6.07, 6.45) is 4.69. The highest BCUT2D eigenvalue weighted by Gasteiger charge is 2.21. The van der Waals surface area contributed by atoms with Gasteiger partial charge < -0.3 is 15.2 Å². The molecule has 2 rings (SSSR count). The fourth-order valence-corrected chi connectivity index (χ4v) is 4.41. The molecule has 0 bridgehead atoms. The van der Waals surface area contributed by atoms with E-state index in [1.54, 1.807) is 19.2 Å². The number of rotatable bonds is 8. The SMILES string of the molecule is CCC(CS(=O)(=O)c1ccc(C)c(C)c1)NC(=NC)NCCn1cccc1.I. The molecule has 1 atom stereocenters. The molecule has 0 aliphatic carbocycles. The Balaban J connectivity index is 0.00000392. The number of aromatic nitrogens is 1. The Kier molecular flexibility index (Phi) is 10.0. The number of nitrogens with zero attached hydrogens (tertiary/aromatic N) is 2. The number of nitrogens with one attached hydrogen (secondary N) is 2. The van der Waals surface area contributed by atoms with E-state index in [1.807, 2.05) is 51.4 Å². The molecule has 1 heterocycles. The van der Waals surface area contributed by atoms with Crippen molar-refractivity contribution in [2.24, 2.45) is 4.99 Å². The average molecular weight is 518 g/mol. The molecule has 28 heavy (non-hydrogen) atoms. The number of benzene rings is 1. The molecular weight excluding hydrogens is 487 g/mol. The molecule has 2 aromatic rings. The minimum Gasteiger partial charge on any atom is -0.355 e. The third kappa shape index (κ3) is 7.12. The largest absolute Gasteiger partial charge is 0.355 e. The third-order valence-corrected chi connectivity index (χ3v) is 6.46. The molecular formula is C20H31IN4O2S. The van der Waals surface area contributed by atoms with Crippen LogP contribution in [0.1, 0.15) is 24.5 Å². The van der Waals surface area contributed by atoms with E-state index < -0.39 is 9.84 Å². The lowest BCUT2D eigenvalue weighted by molar-refractivity contribution is 0.567. The molecule has 156 valence electrons. The first kappa shape index (κ1) is 24.5. The summed E-state index contributed by atoms with van der Waals surface area (Å²) in [4.78, 5) is 4.59. The van der Waals surface area contributed by atoms with E-state index in [2.05, 4.69) is 20.2 Å². The number of hydrogen-bond donors (Lipinski definition) is 2. The van der Waals surface area contributed by atoms with Crippen molar-refractivity contribution in [3.05, 3.63) is 53.9 Å². The monoisotopic (exact) mass is 518 g/mol. The van der Waals surface area contributed by atoms with Gasteiger partial charge in [-0.3, -0.25) is 4.99 Å². The highest BCUT2D eigenvalue weighted by molar-refractivity contribution is 14.0. The van der Waals surface area contributed by atoms with E-state index in [1.165, 1.54) is 0 Å².